The number of hydrogen-bond acceptors (Lipinski definition) is 10. The summed E-state index contributed by atoms with van der Waals surface area (Å²) in [7, 11) is -5.69. The van der Waals surface area contributed by atoms with Crippen LogP contribution in [0.1, 0.15) is 42.6 Å². The van der Waals surface area contributed by atoms with Gasteiger partial charge in [0.05, 0.1) is 12.3 Å². The Morgan fingerprint density at radius 1 is 1.31 bits per heavy atom. The van der Waals surface area contributed by atoms with Crippen molar-refractivity contribution in [2.24, 2.45) is 10.2 Å². The van der Waals surface area contributed by atoms with Crippen molar-refractivity contribution >= 4 is 49.5 Å². The molecule has 1 aliphatic heterocycles. The molecule has 32 heavy (non-hydrogen) atoms. The lowest BCUT2D eigenvalue weighted by atomic mass is 9.78. The Morgan fingerprint density at radius 2 is 2.03 bits per heavy atom. The van der Waals surface area contributed by atoms with E-state index in [1.165, 1.54) is 16.9 Å². The molecule has 15 heteroatoms. The van der Waals surface area contributed by atoms with Crippen LogP contribution in [0, 0.1) is 0 Å². The first-order valence-electron chi connectivity index (χ1n) is 9.28. The van der Waals surface area contributed by atoms with Gasteiger partial charge >= 0.3 is 21.5 Å². The number of esters is 1. The summed E-state index contributed by atoms with van der Waals surface area (Å²) in [5, 5.41) is 17.9. The molecule has 0 radical (unpaired) electrons. The fourth-order valence-corrected chi connectivity index (χ4v) is 4.06. The highest BCUT2D eigenvalue weighted by Gasteiger charge is 2.46. The number of sulfonamides is 1. The molecule has 10 nitrogen and oxygen atoms in total. The number of alkyl halides is 3. The number of halogens is 3. The van der Waals surface area contributed by atoms with Crippen LogP contribution in [-0.2, 0) is 20.2 Å². The van der Waals surface area contributed by atoms with Gasteiger partial charge in [-0.25, -0.2) is 4.79 Å². The molecule has 0 saturated carbocycles. The number of fused-ring (bicyclic) bond motifs is 1. The maximum Gasteiger partial charge on any atom is 0.516 e. The van der Waals surface area contributed by atoms with E-state index in [4.69, 9.17) is 4.74 Å². The highest BCUT2D eigenvalue weighted by molar-refractivity contribution is 7.93. The fraction of sp³-hybridized carbons (Fsp3) is 0.471. The Bertz CT molecular complexity index is 1160. The Labute approximate surface area is 185 Å². The predicted octanol–water partition coefficient (Wildman–Crippen LogP) is 4.48. The minimum atomic E-state index is -5.69. The summed E-state index contributed by atoms with van der Waals surface area (Å²) in [6.45, 7) is 6.22. The summed E-state index contributed by atoms with van der Waals surface area (Å²) in [5.41, 5.74) is -5.20. The second kappa shape index (κ2) is 8.61. The molecule has 1 aromatic heterocycles. The maximum atomic E-state index is 12.9. The molecule has 0 saturated heterocycles. The van der Waals surface area contributed by atoms with E-state index in [1.54, 1.807) is 6.92 Å². The number of rotatable bonds is 6. The summed E-state index contributed by atoms with van der Waals surface area (Å²) in [6.07, 6.45) is 0.740. The third-order valence-electron chi connectivity index (χ3n) is 4.59. The normalized spacial score (nSPS) is 15.8. The SMILES string of the molecule is CCOC(=O)c1nnc(N=Nc2cc3c(cc2NS(=O)(=O)C(F)(F)F)NCCC3(C)C)s1. The highest BCUT2D eigenvalue weighted by Crippen LogP contribution is 2.43. The third-order valence-corrected chi connectivity index (χ3v) is 6.47. The van der Waals surface area contributed by atoms with Crippen LogP contribution in [-0.4, -0.2) is 43.2 Å². The Hall–Kier alpha value is -2.81. The molecular weight excluding hydrogens is 473 g/mol. The summed E-state index contributed by atoms with van der Waals surface area (Å²) in [5.74, 6) is -0.702. The van der Waals surface area contributed by atoms with Gasteiger partial charge in [-0.15, -0.1) is 20.4 Å². The lowest BCUT2D eigenvalue weighted by Gasteiger charge is -2.34. The van der Waals surface area contributed by atoms with E-state index < -0.39 is 27.2 Å². The molecule has 0 fully saturated rings. The van der Waals surface area contributed by atoms with Gasteiger partial charge in [-0.1, -0.05) is 25.2 Å². The molecule has 1 aromatic carbocycles. The molecule has 0 aliphatic carbocycles. The lowest BCUT2D eigenvalue weighted by Crippen LogP contribution is -2.31. The number of benzene rings is 1. The number of ether oxygens (including phenoxy) is 1. The fourth-order valence-electron chi connectivity index (χ4n) is 2.93. The zero-order valence-corrected chi connectivity index (χ0v) is 18.8. The number of aromatic nitrogens is 2. The van der Waals surface area contributed by atoms with Crippen molar-refractivity contribution in [3.63, 3.8) is 0 Å². The Kier molecular flexibility index (Phi) is 6.42. The van der Waals surface area contributed by atoms with Crippen molar-refractivity contribution in [3.05, 3.63) is 22.7 Å². The smallest absolute Gasteiger partial charge is 0.461 e. The van der Waals surface area contributed by atoms with Gasteiger partial charge in [0.2, 0.25) is 5.01 Å². The molecule has 2 heterocycles. The molecule has 2 N–H and O–H groups in total. The number of azo groups is 1. The van der Waals surface area contributed by atoms with E-state index in [9.17, 15) is 26.4 Å². The first kappa shape index (κ1) is 23.8. The number of hydrogen-bond donors (Lipinski definition) is 2. The summed E-state index contributed by atoms with van der Waals surface area (Å²) >= 11 is 0.764. The molecule has 2 aromatic rings. The van der Waals surface area contributed by atoms with E-state index in [0.29, 0.717) is 12.2 Å². The average Bonchev–Trinajstić information content (AvgIpc) is 3.14. The zero-order valence-electron chi connectivity index (χ0n) is 17.1. The van der Waals surface area contributed by atoms with Crippen LogP contribution in [0.5, 0.6) is 0 Å². The summed E-state index contributed by atoms with van der Waals surface area (Å²) < 4.78 is 68.5. The van der Waals surface area contributed by atoms with Crippen LogP contribution < -0.4 is 10.0 Å². The van der Waals surface area contributed by atoms with Crippen LogP contribution in [0.25, 0.3) is 0 Å². The molecule has 0 bridgehead atoms. The van der Waals surface area contributed by atoms with Crippen molar-refractivity contribution < 1.29 is 31.1 Å². The van der Waals surface area contributed by atoms with E-state index in [-0.39, 0.29) is 27.8 Å². The van der Waals surface area contributed by atoms with E-state index >= 15 is 0 Å². The van der Waals surface area contributed by atoms with Gasteiger partial charge in [-0.2, -0.15) is 21.6 Å². The maximum absolute atomic E-state index is 12.9. The van der Waals surface area contributed by atoms with Crippen LogP contribution in [0.15, 0.2) is 22.4 Å². The van der Waals surface area contributed by atoms with Crippen LogP contribution >= 0.6 is 11.3 Å². The monoisotopic (exact) mass is 492 g/mol. The molecule has 174 valence electrons. The predicted molar refractivity (Wildman–Crippen MR) is 111 cm³/mol. The topological polar surface area (TPSA) is 135 Å². The number of carbonyl (C=O) groups is 1. The quantitative estimate of drug-likeness (QED) is 0.448. The molecule has 1 aliphatic rings. The molecule has 3 rings (SSSR count). The Morgan fingerprint density at radius 3 is 2.69 bits per heavy atom. The van der Waals surface area contributed by atoms with Crippen molar-refractivity contribution in [3.8, 4) is 0 Å². The number of nitrogens with zero attached hydrogens (tertiary/aromatic N) is 4. The molecule has 0 amide bonds. The van der Waals surface area contributed by atoms with Gasteiger partial charge in [0.15, 0.2) is 0 Å². The number of nitrogens with one attached hydrogen (secondary N) is 2. The van der Waals surface area contributed by atoms with Gasteiger partial charge in [0.25, 0.3) is 5.13 Å². The van der Waals surface area contributed by atoms with Crippen molar-refractivity contribution in [2.75, 3.05) is 23.2 Å². The minimum Gasteiger partial charge on any atom is -0.461 e. The first-order valence-corrected chi connectivity index (χ1v) is 11.6. The first-order chi connectivity index (χ1) is 14.8. The standard InChI is InChI=1S/C17H19F3N6O4S2/c1-4-30-14(27)13-23-25-15(31-13)24-22-11-7-9-10(21-6-5-16(9,2)3)8-12(11)26-32(28,29)17(18,19)20/h7-8,21,26H,4-6H2,1-3H3. The minimum absolute atomic E-state index is 0.0622. The van der Waals surface area contributed by atoms with Crippen molar-refractivity contribution in [1.82, 2.24) is 10.2 Å². The summed E-state index contributed by atoms with van der Waals surface area (Å²) in [6, 6.07) is 2.71. The molecule has 0 atom stereocenters. The number of carbonyl (C=O) groups excluding carboxylic acids is 1. The molecule has 0 unspecified atom stereocenters. The third kappa shape index (κ3) is 4.98. The summed E-state index contributed by atoms with van der Waals surface area (Å²) in [4.78, 5) is 11.7. The molecular formula is C17H19F3N6O4S2. The van der Waals surface area contributed by atoms with Crippen LogP contribution in [0.4, 0.5) is 35.4 Å². The van der Waals surface area contributed by atoms with E-state index in [1.807, 2.05) is 13.8 Å². The second-order valence-corrected chi connectivity index (χ2v) is 9.97. The largest absolute Gasteiger partial charge is 0.516 e. The van der Waals surface area contributed by atoms with Gasteiger partial charge in [0, 0.05) is 12.2 Å². The van der Waals surface area contributed by atoms with Crippen LogP contribution in [0.2, 0.25) is 0 Å². The van der Waals surface area contributed by atoms with Gasteiger partial charge in [-0.3, -0.25) is 4.72 Å². The molecule has 0 spiro atoms. The van der Waals surface area contributed by atoms with E-state index in [0.717, 1.165) is 23.3 Å². The zero-order chi connectivity index (χ0) is 23.7. The van der Waals surface area contributed by atoms with Crippen molar-refractivity contribution in [1.29, 1.82) is 0 Å². The lowest BCUT2D eigenvalue weighted by molar-refractivity contribution is -0.0429. The Balaban J connectivity index is 2.03. The van der Waals surface area contributed by atoms with Crippen molar-refractivity contribution in [2.45, 2.75) is 38.1 Å². The van der Waals surface area contributed by atoms with Crippen LogP contribution in [0.3, 0.4) is 0 Å². The highest BCUT2D eigenvalue weighted by atomic mass is 32.2. The van der Waals surface area contributed by atoms with Gasteiger partial charge in [-0.05, 0) is 36.5 Å². The second-order valence-electron chi connectivity index (χ2n) is 7.34. The average molecular weight is 493 g/mol. The van der Waals surface area contributed by atoms with Gasteiger partial charge < -0.3 is 10.1 Å². The van der Waals surface area contributed by atoms with E-state index in [2.05, 4.69) is 25.7 Å². The van der Waals surface area contributed by atoms with Gasteiger partial charge in [0.1, 0.15) is 5.69 Å². The number of anilines is 2.